The maximum Gasteiger partial charge on any atom is 0.245 e. The van der Waals surface area contributed by atoms with Gasteiger partial charge in [0.05, 0.1) is 0 Å². The van der Waals surface area contributed by atoms with Crippen molar-refractivity contribution in [3.8, 4) is 0 Å². The van der Waals surface area contributed by atoms with Crippen LogP contribution < -0.4 is 5.32 Å². The summed E-state index contributed by atoms with van der Waals surface area (Å²) in [6.45, 7) is 2.42. The lowest BCUT2D eigenvalue weighted by Gasteiger charge is -2.17. The highest BCUT2D eigenvalue weighted by Gasteiger charge is 2.23. The molecule has 0 aliphatic carbocycles. The number of amides is 1. The van der Waals surface area contributed by atoms with E-state index in [-0.39, 0.29) is 5.91 Å². The minimum absolute atomic E-state index is 0.0606. The summed E-state index contributed by atoms with van der Waals surface area (Å²) in [5.74, 6) is 2.36. The molecule has 3 rings (SSSR count). The molecule has 27 heavy (non-hydrogen) atoms. The second-order valence-corrected chi connectivity index (χ2v) is 7.31. The minimum atomic E-state index is -0.457. The van der Waals surface area contributed by atoms with Crippen LogP contribution in [0.4, 0.5) is 0 Å². The van der Waals surface area contributed by atoms with Crippen LogP contribution in [0.2, 0.25) is 0 Å². The fourth-order valence-electron chi connectivity index (χ4n) is 2.78. The SMILES string of the molecule is Cc1nnnn1[C@H](Cc1ccccc1)C(=O)NCCSCc1ccccc1. The average Bonchev–Trinajstić information content (AvgIpc) is 3.13. The van der Waals surface area contributed by atoms with E-state index in [9.17, 15) is 4.79 Å². The van der Waals surface area contributed by atoms with Crippen LogP contribution in [0.1, 0.15) is 23.0 Å². The van der Waals surface area contributed by atoms with Gasteiger partial charge in [-0.05, 0) is 28.5 Å². The summed E-state index contributed by atoms with van der Waals surface area (Å²) in [5, 5.41) is 14.6. The van der Waals surface area contributed by atoms with Crippen LogP contribution in [0, 0.1) is 6.92 Å². The van der Waals surface area contributed by atoms with Crippen LogP contribution in [0.5, 0.6) is 0 Å². The summed E-state index contributed by atoms with van der Waals surface area (Å²) >= 11 is 1.80. The normalized spacial score (nSPS) is 11.9. The second-order valence-electron chi connectivity index (χ2n) is 6.21. The third-order valence-corrected chi connectivity index (χ3v) is 5.21. The summed E-state index contributed by atoms with van der Waals surface area (Å²) in [5.41, 5.74) is 2.37. The Morgan fingerprint density at radius 2 is 1.74 bits per heavy atom. The van der Waals surface area contributed by atoms with Crippen molar-refractivity contribution < 1.29 is 4.79 Å². The molecule has 0 radical (unpaired) electrons. The quantitative estimate of drug-likeness (QED) is 0.577. The van der Waals surface area contributed by atoms with E-state index >= 15 is 0 Å². The Morgan fingerprint density at radius 1 is 1.07 bits per heavy atom. The van der Waals surface area contributed by atoms with Gasteiger partial charge in [0.15, 0.2) is 0 Å². The van der Waals surface area contributed by atoms with Gasteiger partial charge in [-0.3, -0.25) is 4.79 Å². The molecular formula is C20H23N5OS. The number of aromatic nitrogens is 4. The van der Waals surface area contributed by atoms with Gasteiger partial charge in [-0.2, -0.15) is 11.8 Å². The number of tetrazole rings is 1. The standard InChI is InChI=1S/C20H23N5OS/c1-16-22-23-24-25(16)19(14-17-8-4-2-5-9-17)20(26)21-12-13-27-15-18-10-6-3-7-11-18/h2-11,19H,12-15H2,1H3,(H,21,26)/t19-/m1/s1. The zero-order valence-electron chi connectivity index (χ0n) is 15.3. The van der Waals surface area contributed by atoms with Gasteiger partial charge < -0.3 is 5.32 Å². The molecule has 0 fully saturated rings. The predicted octanol–water partition coefficient (Wildman–Crippen LogP) is 2.81. The van der Waals surface area contributed by atoms with E-state index in [1.165, 1.54) is 5.56 Å². The van der Waals surface area contributed by atoms with Gasteiger partial charge in [0.1, 0.15) is 11.9 Å². The lowest BCUT2D eigenvalue weighted by Crippen LogP contribution is -2.36. The van der Waals surface area contributed by atoms with E-state index in [0.29, 0.717) is 18.8 Å². The van der Waals surface area contributed by atoms with Gasteiger partial charge in [-0.15, -0.1) is 5.10 Å². The van der Waals surface area contributed by atoms with Crippen molar-refractivity contribution >= 4 is 17.7 Å². The van der Waals surface area contributed by atoms with Crippen molar-refractivity contribution in [1.29, 1.82) is 0 Å². The average molecular weight is 382 g/mol. The van der Waals surface area contributed by atoms with Crippen LogP contribution in [0.3, 0.4) is 0 Å². The third-order valence-electron chi connectivity index (χ3n) is 4.18. The zero-order valence-corrected chi connectivity index (χ0v) is 16.1. The molecule has 1 N–H and O–H groups in total. The summed E-state index contributed by atoms with van der Waals surface area (Å²) in [4.78, 5) is 12.8. The number of hydrogen-bond donors (Lipinski definition) is 1. The van der Waals surface area contributed by atoms with Crippen molar-refractivity contribution in [2.24, 2.45) is 0 Å². The molecule has 2 aromatic carbocycles. The topological polar surface area (TPSA) is 72.7 Å². The maximum atomic E-state index is 12.8. The van der Waals surface area contributed by atoms with E-state index < -0.39 is 6.04 Å². The fourth-order valence-corrected chi connectivity index (χ4v) is 3.60. The van der Waals surface area contributed by atoms with Gasteiger partial charge in [-0.1, -0.05) is 60.7 Å². The van der Waals surface area contributed by atoms with E-state index in [0.717, 1.165) is 17.1 Å². The number of nitrogens with one attached hydrogen (secondary N) is 1. The molecule has 0 bridgehead atoms. The van der Waals surface area contributed by atoms with Gasteiger partial charge in [0, 0.05) is 24.5 Å². The molecule has 0 aliphatic heterocycles. The zero-order chi connectivity index (χ0) is 18.9. The van der Waals surface area contributed by atoms with Crippen LogP contribution in [0.25, 0.3) is 0 Å². The van der Waals surface area contributed by atoms with Gasteiger partial charge >= 0.3 is 0 Å². The molecule has 0 saturated carbocycles. The number of thioether (sulfide) groups is 1. The Hall–Kier alpha value is -2.67. The first kappa shape index (κ1) is 19.1. The number of benzene rings is 2. The number of rotatable bonds is 9. The highest BCUT2D eigenvalue weighted by molar-refractivity contribution is 7.98. The molecule has 0 aliphatic rings. The first-order valence-corrected chi connectivity index (χ1v) is 10.1. The van der Waals surface area contributed by atoms with E-state index in [1.807, 2.05) is 48.5 Å². The first-order valence-electron chi connectivity index (χ1n) is 8.92. The first-order chi connectivity index (χ1) is 13.2. The van der Waals surface area contributed by atoms with Gasteiger partial charge in [-0.25, -0.2) is 4.68 Å². The van der Waals surface area contributed by atoms with E-state index in [2.05, 4.69) is 33.0 Å². The van der Waals surface area contributed by atoms with Crippen LogP contribution in [-0.4, -0.2) is 38.4 Å². The summed E-state index contributed by atoms with van der Waals surface area (Å²) in [6, 6.07) is 19.8. The molecule has 0 spiro atoms. The molecule has 0 unspecified atom stereocenters. The number of carbonyl (C=O) groups excluding carboxylic acids is 1. The summed E-state index contributed by atoms with van der Waals surface area (Å²) < 4.78 is 1.60. The maximum absolute atomic E-state index is 12.8. The molecule has 1 atom stereocenters. The lowest BCUT2D eigenvalue weighted by molar-refractivity contribution is -0.124. The van der Waals surface area contributed by atoms with E-state index in [4.69, 9.17) is 0 Å². The highest BCUT2D eigenvalue weighted by Crippen LogP contribution is 2.15. The highest BCUT2D eigenvalue weighted by atomic mass is 32.2. The van der Waals surface area contributed by atoms with Crippen LogP contribution in [0.15, 0.2) is 60.7 Å². The largest absolute Gasteiger partial charge is 0.353 e. The lowest BCUT2D eigenvalue weighted by atomic mass is 10.1. The van der Waals surface area contributed by atoms with Crippen molar-refractivity contribution in [2.75, 3.05) is 12.3 Å². The molecule has 7 heteroatoms. The Labute approximate surface area is 163 Å². The predicted molar refractivity (Wildman–Crippen MR) is 107 cm³/mol. The number of nitrogens with zero attached hydrogens (tertiary/aromatic N) is 4. The molecular weight excluding hydrogens is 358 g/mol. The number of hydrogen-bond acceptors (Lipinski definition) is 5. The summed E-state index contributed by atoms with van der Waals surface area (Å²) in [7, 11) is 0. The fraction of sp³-hybridized carbons (Fsp3) is 0.300. The monoisotopic (exact) mass is 381 g/mol. The van der Waals surface area contributed by atoms with E-state index in [1.54, 1.807) is 23.4 Å². The van der Waals surface area contributed by atoms with Crippen molar-refractivity contribution in [3.05, 3.63) is 77.6 Å². The smallest absolute Gasteiger partial charge is 0.245 e. The number of aryl methyl sites for hydroxylation is 1. The molecule has 1 amide bonds. The van der Waals surface area contributed by atoms with Crippen LogP contribution >= 0.6 is 11.8 Å². The molecule has 6 nitrogen and oxygen atoms in total. The van der Waals surface area contributed by atoms with Crippen molar-refractivity contribution in [1.82, 2.24) is 25.5 Å². The Morgan fingerprint density at radius 3 is 2.37 bits per heavy atom. The second kappa shape index (κ2) is 9.87. The molecule has 140 valence electrons. The third kappa shape index (κ3) is 5.65. The van der Waals surface area contributed by atoms with Gasteiger partial charge in [0.2, 0.25) is 5.91 Å². The molecule has 1 aromatic heterocycles. The van der Waals surface area contributed by atoms with Crippen molar-refractivity contribution in [3.63, 3.8) is 0 Å². The minimum Gasteiger partial charge on any atom is -0.353 e. The van der Waals surface area contributed by atoms with Crippen LogP contribution in [-0.2, 0) is 17.0 Å². The van der Waals surface area contributed by atoms with Gasteiger partial charge in [0.25, 0.3) is 0 Å². The molecule has 1 heterocycles. The summed E-state index contributed by atoms with van der Waals surface area (Å²) in [6.07, 6.45) is 0.551. The molecule has 3 aromatic rings. The Kier molecular flexibility index (Phi) is 6.98. The Balaban J connectivity index is 1.54. The van der Waals surface area contributed by atoms with Crippen molar-refractivity contribution in [2.45, 2.75) is 25.1 Å². The number of carbonyl (C=O) groups is 1. The molecule has 0 saturated heterocycles. The Bertz CT molecular complexity index is 838.